The summed E-state index contributed by atoms with van der Waals surface area (Å²) in [5.41, 5.74) is 0.779. The average Bonchev–Trinajstić information content (AvgIpc) is 3.20. The molecular weight excluding hydrogens is 464 g/mol. The molecule has 0 aliphatic carbocycles. The Labute approximate surface area is 228 Å². The molecule has 1 N–H and O–H groups in total. The lowest BCUT2D eigenvalue weighted by Gasteiger charge is -2.32. The molecule has 37 heavy (non-hydrogen) atoms. The Bertz CT molecular complexity index is 616. The number of carbonyl (C=O) groups is 2. The molecule has 3 amide bonds. The minimum atomic E-state index is -0.114. The molecule has 0 bridgehead atoms. The molecule has 6 nitrogen and oxygen atoms in total. The van der Waals surface area contributed by atoms with E-state index in [9.17, 15) is 9.59 Å². The van der Waals surface area contributed by atoms with Crippen molar-refractivity contribution in [2.24, 2.45) is 10.8 Å². The van der Waals surface area contributed by atoms with Gasteiger partial charge in [0.1, 0.15) is 6.54 Å². The third-order valence-electron chi connectivity index (χ3n) is 9.46. The first-order valence-electron chi connectivity index (χ1n) is 15.6. The fraction of sp³-hybridized carbons (Fsp3) is 0.935. The molecule has 1 aliphatic heterocycles. The van der Waals surface area contributed by atoms with Gasteiger partial charge in [-0.25, -0.2) is 4.79 Å². The van der Waals surface area contributed by atoms with Gasteiger partial charge in [0, 0.05) is 32.9 Å². The van der Waals surface area contributed by atoms with Crippen molar-refractivity contribution in [3.8, 4) is 0 Å². The van der Waals surface area contributed by atoms with Gasteiger partial charge in [-0.1, -0.05) is 79.1 Å². The van der Waals surface area contributed by atoms with Crippen LogP contribution in [0.3, 0.4) is 0 Å². The highest BCUT2D eigenvalue weighted by molar-refractivity contribution is 6.01. The number of imide groups is 1. The van der Waals surface area contributed by atoms with E-state index >= 15 is 0 Å². The Morgan fingerprint density at radius 2 is 1.19 bits per heavy atom. The van der Waals surface area contributed by atoms with Crippen LogP contribution in [-0.4, -0.2) is 66.3 Å². The van der Waals surface area contributed by atoms with Crippen LogP contribution in [0.5, 0.6) is 0 Å². The number of urea groups is 1. The third-order valence-corrected chi connectivity index (χ3v) is 9.46. The van der Waals surface area contributed by atoms with Crippen molar-refractivity contribution < 1.29 is 19.4 Å². The predicted octanol–water partition coefficient (Wildman–Crippen LogP) is 7.57. The van der Waals surface area contributed by atoms with Gasteiger partial charge in [0.25, 0.3) is 0 Å². The maximum Gasteiger partial charge on any atom is 0.327 e. The molecule has 1 fully saturated rings. The van der Waals surface area contributed by atoms with E-state index in [0.717, 1.165) is 64.6 Å². The van der Waals surface area contributed by atoms with Crippen LogP contribution in [0, 0.1) is 10.8 Å². The average molecular weight is 525 g/mol. The number of ether oxygens (including phenoxy) is 1. The highest BCUT2D eigenvalue weighted by Gasteiger charge is 2.35. The van der Waals surface area contributed by atoms with Crippen LogP contribution in [0.2, 0.25) is 0 Å². The number of aliphatic hydroxyl groups is 1. The number of carbonyl (C=O) groups excluding carboxylic acids is 2. The van der Waals surface area contributed by atoms with Crippen LogP contribution in [0.25, 0.3) is 0 Å². The van der Waals surface area contributed by atoms with Crippen LogP contribution in [0.15, 0.2) is 0 Å². The Morgan fingerprint density at radius 3 is 1.62 bits per heavy atom. The molecular formula is C31H60N2O4. The first-order valence-corrected chi connectivity index (χ1v) is 15.6. The Kier molecular flexibility index (Phi) is 17.4. The Balaban J connectivity index is 2.23. The van der Waals surface area contributed by atoms with Crippen molar-refractivity contribution in [2.45, 2.75) is 137 Å². The summed E-state index contributed by atoms with van der Waals surface area (Å²) in [7, 11) is 0. The van der Waals surface area contributed by atoms with Gasteiger partial charge in [-0.2, -0.15) is 0 Å². The van der Waals surface area contributed by atoms with Crippen LogP contribution < -0.4 is 0 Å². The summed E-state index contributed by atoms with van der Waals surface area (Å²) in [5.74, 6) is -0.0456. The molecule has 218 valence electrons. The highest BCUT2D eigenvalue weighted by Crippen LogP contribution is 2.39. The van der Waals surface area contributed by atoms with E-state index in [0.29, 0.717) is 30.5 Å². The van der Waals surface area contributed by atoms with Gasteiger partial charge in [-0.3, -0.25) is 9.69 Å². The molecule has 0 aromatic carbocycles. The lowest BCUT2D eigenvalue weighted by atomic mass is 9.74. The summed E-state index contributed by atoms with van der Waals surface area (Å²) in [6.45, 7) is 14.6. The third kappa shape index (κ3) is 11.6. The molecule has 1 saturated heterocycles. The monoisotopic (exact) mass is 524 g/mol. The molecule has 0 saturated carbocycles. The Hall–Kier alpha value is -1.14. The van der Waals surface area contributed by atoms with E-state index in [-0.39, 0.29) is 18.5 Å². The van der Waals surface area contributed by atoms with Gasteiger partial charge in [-0.05, 0) is 69.1 Å². The smallest absolute Gasteiger partial charge is 0.327 e. The predicted molar refractivity (Wildman–Crippen MR) is 154 cm³/mol. The normalized spacial score (nSPS) is 14.9. The first kappa shape index (κ1) is 33.9. The van der Waals surface area contributed by atoms with Gasteiger partial charge in [0.05, 0.1) is 0 Å². The molecule has 1 heterocycles. The fourth-order valence-electron chi connectivity index (χ4n) is 6.14. The zero-order valence-corrected chi connectivity index (χ0v) is 25.1. The molecule has 1 rings (SSSR count). The van der Waals surface area contributed by atoms with E-state index in [1.807, 2.05) is 6.92 Å². The summed E-state index contributed by atoms with van der Waals surface area (Å²) in [6.07, 6.45) is 18.5. The summed E-state index contributed by atoms with van der Waals surface area (Å²) >= 11 is 0. The van der Waals surface area contributed by atoms with E-state index in [4.69, 9.17) is 9.84 Å². The molecule has 1 aliphatic rings. The van der Waals surface area contributed by atoms with Crippen molar-refractivity contribution in [1.82, 2.24) is 9.80 Å². The summed E-state index contributed by atoms with van der Waals surface area (Å²) in [4.78, 5) is 27.6. The summed E-state index contributed by atoms with van der Waals surface area (Å²) < 4.78 is 5.99. The molecule has 0 aromatic rings. The zero-order valence-electron chi connectivity index (χ0n) is 25.1. The maximum absolute atomic E-state index is 12.3. The molecule has 0 unspecified atom stereocenters. The molecule has 6 heteroatoms. The van der Waals surface area contributed by atoms with E-state index in [1.165, 1.54) is 56.3 Å². The van der Waals surface area contributed by atoms with Crippen molar-refractivity contribution in [2.75, 3.05) is 39.5 Å². The number of rotatable bonds is 24. The van der Waals surface area contributed by atoms with Gasteiger partial charge in [0.2, 0.25) is 5.91 Å². The highest BCUT2D eigenvalue weighted by atomic mass is 16.5. The fourth-order valence-corrected chi connectivity index (χ4v) is 6.14. The largest absolute Gasteiger partial charge is 0.396 e. The Morgan fingerprint density at radius 1 is 0.703 bits per heavy atom. The van der Waals surface area contributed by atoms with Crippen molar-refractivity contribution in [3.05, 3.63) is 0 Å². The second-order valence-electron chi connectivity index (χ2n) is 11.4. The van der Waals surface area contributed by atoms with Gasteiger partial charge in [-0.15, -0.1) is 0 Å². The number of hydrogen-bond donors (Lipinski definition) is 1. The van der Waals surface area contributed by atoms with Gasteiger partial charge < -0.3 is 14.7 Å². The SMILES string of the molecule is CCN1CC(=O)N(CCCC(CC)(CC)CCCCOCCCCC(CC)(CC)CCCCCO)C1=O. The van der Waals surface area contributed by atoms with Crippen molar-refractivity contribution in [1.29, 1.82) is 0 Å². The first-order chi connectivity index (χ1) is 17.9. The molecule has 0 aromatic heterocycles. The zero-order chi connectivity index (χ0) is 27.6. The quantitative estimate of drug-likeness (QED) is 0.104. The number of nitrogens with zero attached hydrogens (tertiary/aromatic N) is 2. The minimum Gasteiger partial charge on any atom is -0.396 e. The van der Waals surface area contributed by atoms with Crippen molar-refractivity contribution in [3.63, 3.8) is 0 Å². The number of likely N-dealkylation sites (N-methyl/N-ethyl adjacent to an activating group) is 1. The van der Waals surface area contributed by atoms with Crippen LogP contribution in [-0.2, 0) is 9.53 Å². The van der Waals surface area contributed by atoms with Crippen LogP contribution >= 0.6 is 0 Å². The van der Waals surface area contributed by atoms with Crippen LogP contribution in [0.4, 0.5) is 4.79 Å². The second-order valence-corrected chi connectivity index (χ2v) is 11.4. The van der Waals surface area contributed by atoms with Gasteiger partial charge in [0.15, 0.2) is 0 Å². The maximum atomic E-state index is 12.3. The van der Waals surface area contributed by atoms with E-state index in [1.54, 1.807) is 4.90 Å². The minimum absolute atomic E-state index is 0.0456. The molecule has 0 atom stereocenters. The standard InChI is InChI=1S/C31H60N2O4/c1-6-30(7-2,19-12-11-15-24-34)20-13-16-25-37-26-17-14-21-31(8-3,9-4)22-18-23-33-28(35)27-32(10-5)29(33)36/h34H,6-27H2,1-5H3. The topological polar surface area (TPSA) is 70.1 Å². The number of amides is 3. The molecule has 0 radical (unpaired) electrons. The number of hydrogen-bond acceptors (Lipinski definition) is 4. The molecule has 0 spiro atoms. The van der Waals surface area contributed by atoms with Crippen molar-refractivity contribution >= 4 is 11.9 Å². The lowest BCUT2D eigenvalue weighted by Crippen LogP contribution is -2.34. The lowest BCUT2D eigenvalue weighted by molar-refractivity contribution is -0.125. The van der Waals surface area contributed by atoms with Gasteiger partial charge >= 0.3 is 6.03 Å². The van der Waals surface area contributed by atoms with E-state index in [2.05, 4.69) is 27.7 Å². The van der Waals surface area contributed by atoms with E-state index < -0.39 is 0 Å². The summed E-state index contributed by atoms with van der Waals surface area (Å²) in [6, 6.07) is -0.114. The number of aliphatic hydroxyl groups excluding tert-OH is 1. The number of unbranched alkanes of at least 4 members (excludes halogenated alkanes) is 4. The second kappa shape index (κ2) is 19.0. The van der Waals surface area contributed by atoms with Crippen LogP contribution in [0.1, 0.15) is 137 Å². The summed E-state index contributed by atoms with van der Waals surface area (Å²) in [5, 5.41) is 9.02.